The highest BCUT2D eigenvalue weighted by atomic mass is 16.7. The molecule has 0 aromatic carbocycles. The van der Waals surface area contributed by atoms with E-state index in [0.717, 1.165) is 25.7 Å². The van der Waals surface area contributed by atoms with Gasteiger partial charge in [0.15, 0.2) is 0 Å². The van der Waals surface area contributed by atoms with Gasteiger partial charge in [0, 0.05) is 12.8 Å². The fraction of sp³-hybridized carbons (Fsp3) is 0.889. The highest BCUT2D eigenvalue weighted by Gasteiger charge is 2.12. The minimum Gasteiger partial charge on any atom is -0.395 e. The van der Waals surface area contributed by atoms with E-state index in [-0.39, 0.29) is 77.4 Å². The van der Waals surface area contributed by atoms with Crippen LogP contribution in [0.1, 0.15) is 51.4 Å². The van der Waals surface area contributed by atoms with E-state index in [2.05, 4.69) is 0 Å². The monoisotopic (exact) mass is 408 g/mol. The molecule has 0 heterocycles. The smallest absolute Gasteiger partial charge is 0.325 e. The van der Waals surface area contributed by atoms with Crippen LogP contribution in [0.2, 0.25) is 0 Å². The molecular weight excluding hydrogens is 372 g/mol. The Morgan fingerprint density at radius 2 is 0.821 bits per heavy atom. The molecule has 0 aromatic heterocycles. The van der Waals surface area contributed by atoms with Crippen LogP contribution in [0.5, 0.6) is 0 Å². The summed E-state index contributed by atoms with van der Waals surface area (Å²) in [5, 5.41) is 37.9. The first kappa shape index (κ1) is 26.7. The largest absolute Gasteiger partial charge is 0.395 e. The fourth-order valence-electron chi connectivity index (χ4n) is 2.48. The van der Waals surface area contributed by atoms with Crippen molar-refractivity contribution >= 4 is 11.9 Å². The lowest BCUT2D eigenvalue weighted by Gasteiger charge is -2.19. The maximum absolute atomic E-state index is 11.7. The van der Waals surface area contributed by atoms with Crippen molar-refractivity contribution in [3.8, 4) is 0 Å². The Hall–Kier alpha value is -1.30. The number of unbranched alkanes of at least 4 members (excludes halogenated alkanes) is 5. The third-order valence-electron chi connectivity index (χ3n) is 3.87. The lowest BCUT2D eigenvalue weighted by molar-refractivity contribution is -0.195. The van der Waals surface area contributed by atoms with Gasteiger partial charge in [-0.15, -0.1) is 10.1 Å². The molecular formula is C18H36N2O8. The van der Waals surface area contributed by atoms with Crippen LogP contribution in [0.15, 0.2) is 0 Å². The van der Waals surface area contributed by atoms with Gasteiger partial charge in [-0.05, 0) is 12.8 Å². The molecule has 166 valence electrons. The van der Waals surface area contributed by atoms with Crippen molar-refractivity contribution in [2.75, 3.05) is 52.6 Å². The second-order valence-electron chi connectivity index (χ2n) is 6.30. The van der Waals surface area contributed by atoms with Gasteiger partial charge in [0.05, 0.1) is 52.6 Å². The molecule has 10 nitrogen and oxygen atoms in total. The number of carbonyl (C=O) groups is 2. The molecule has 0 saturated heterocycles. The molecule has 0 atom stereocenters. The molecule has 0 unspecified atom stereocenters. The van der Waals surface area contributed by atoms with Crippen LogP contribution in [0.3, 0.4) is 0 Å². The molecule has 10 heteroatoms. The average molecular weight is 408 g/mol. The summed E-state index contributed by atoms with van der Waals surface area (Å²) in [5.74, 6) is -0.750. The van der Waals surface area contributed by atoms with Crippen molar-refractivity contribution < 1.29 is 39.7 Å². The Bertz CT molecular complexity index is 350. The van der Waals surface area contributed by atoms with E-state index in [1.807, 2.05) is 0 Å². The predicted molar refractivity (Wildman–Crippen MR) is 101 cm³/mol. The van der Waals surface area contributed by atoms with Crippen LogP contribution in [0.4, 0.5) is 0 Å². The summed E-state index contributed by atoms with van der Waals surface area (Å²) in [6.45, 7) is 0.0882. The summed E-state index contributed by atoms with van der Waals surface area (Å²) in [7, 11) is 0. The minimum absolute atomic E-state index is 0.151. The predicted octanol–water partition coefficient (Wildman–Crippen LogP) is -0.403. The second-order valence-corrected chi connectivity index (χ2v) is 6.30. The molecule has 28 heavy (non-hydrogen) atoms. The van der Waals surface area contributed by atoms with Gasteiger partial charge in [0.25, 0.3) is 0 Å². The number of nitrogens with zero attached hydrogens (tertiary/aromatic N) is 2. The Morgan fingerprint density at radius 1 is 0.536 bits per heavy atom. The van der Waals surface area contributed by atoms with Crippen molar-refractivity contribution in [2.24, 2.45) is 0 Å². The molecule has 0 amide bonds. The highest BCUT2D eigenvalue weighted by Crippen LogP contribution is 2.10. The van der Waals surface area contributed by atoms with E-state index in [1.54, 1.807) is 0 Å². The van der Waals surface area contributed by atoms with Crippen LogP contribution in [-0.2, 0) is 19.3 Å². The molecule has 0 rings (SSSR count). The van der Waals surface area contributed by atoms with Crippen molar-refractivity contribution in [1.82, 2.24) is 10.1 Å². The Morgan fingerprint density at radius 3 is 1.11 bits per heavy atom. The van der Waals surface area contributed by atoms with Gasteiger partial charge in [-0.3, -0.25) is 9.59 Å². The molecule has 0 aliphatic rings. The van der Waals surface area contributed by atoms with Crippen molar-refractivity contribution in [2.45, 2.75) is 51.4 Å². The van der Waals surface area contributed by atoms with Crippen LogP contribution in [0, 0.1) is 0 Å². The Kier molecular flexibility index (Phi) is 18.2. The summed E-state index contributed by atoms with van der Waals surface area (Å²) in [6, 6.07) is 0. The van der Waals surface area contributed by atoms with E-state index in [0.29, 0.717) is 12.8 Å². The normalized spacial score (nSPS) is 11.2. The maximum Gasteiger partial charge on any atom is 0.325 e. The van der Waals surface area contributed by atoms with Gasteiger partial charge in [0.1, 0.15) is 0 Å². The van der Waals surface area contributed by atoms with E-state index >= 15 is 0 Å². The Labute approximate surface area is 166 Å². The average Bonchev–Trinajstić information content (AvgIpc) is 2.64. The van der Waals surface area contributed by atoms with Gasteiger partial charge < -0.3 is 30.1 Å². The van der Waals surface area contributed by atoms with Crippen molar-refractivity contribution in [3.63, 3.8) is 0 Å². The minimum atomic E-state index is -0.375. The number of rotatable bonds is 19. The van der Waals surface area contributed by atoms with E-state index < -0.39 is 0 Å². The van der Waals surface area contributed by atoms with Crippen LogP contribution in [-0.4, -0.2) is 95.1 Å². The van der Waals surface area contributed by atoms with Crippen molar-refractivity contribution in [1.29, 1.82) is 0 Å². The quantitative estimate of drug-likeness (QED) is 0.165. The van der Waals surface area contributed by atoms with Crippen molar-refractivity contribution in [3.05, 3.63) is 0 Å². The summed E-state index contributed by atoms with van der Waals surface area (Å²) < 4.78 is 0. The van der Waals surface area contributed by atoms with Crippen LogP contribution >= 0.6 is 0 Å². The van der Waals surface area contributed by atoms with Crippen LogP contribution < -0.4 is 0 Å². The molecule has 0 radical (unpaired) electrons. The fourth-order valence-corrected chi connectivity index (χ4v) is 2.48. The lowest BCUT2D eigenvalue weighted by atomic mass is 10.1. The lowest BCUT2D eigenvalue weighted by Crippen LogP contribution is -2.32. The summed E-state index contributed by atoms with van der Waals surface area (Å²) >= 11 is 0. The zero-order chi connectivity index (χ0) is 21.0. The highest BCUT2D eigenvalue weighted by molar-refractivity contribution is 5.69. The van der Waals surface area contributed by atoms with Gasteiger partial charge in [-0.2, -0.15) is 0 Å². The molecule has 0 saturated carbocycles. The SMILES string of the molecule is O=C(CCCCCCCCC(=O)ON(CCO)CCO)ON(CCO)CCO. The topological polar surface area (TPSA) is 140 Å². The number of aliphatic hydroxyl groups is 4. The van der Waals surface area contributed by atoms with E-state index in [4.69, 9.17) is 30.1 Å². The molecule has 0 fully saturated rings. The first-order valence-corrected chi connectivity index (χ1v) is 9.92. The summed E-state index contributed by atoms with van der Waals surface area (Å²) in [6.07, 6.45) is 5.60. The number of carbonyl (C=O) groups excluding carboxylic acids is 2. The molecule has 0 spiro atoms. The molecule has 0 aromatic rings. The maximum atomic E-state index is 11.7. The number of hydrogen-bond donors (Lipinski definition) is 4. The van der Waals surface area contributed by atoms with Gasteiger partial charge in [-0.1, -0.05) is 25.7 Å². The van der Waals surface area contributed by atoms with Gasteiger partial charge in [0.2, 0.25) is 0 Å². The first-order valence-electron chi connectivity index (χ1n) is 9.92. The summed E-state index contributed by atoms with van der Waals surface area (Å²) in [4.78, 5) is 33.5. The van der Waals surface area contributed by atoms with E-state index in [1.165, 1.54) is 10.1 Å². The number of hydroxylamine groups is 4. The molecule has 0 aliphatic heterocycles. The third kappa shape index (κ3) is 15.7. The van der Waals surface area contributed by atoms with Crippen LogP contribution in [0.25, 0.3) is 0 Å². The summed E-state index contributed by atoms with van der Waals surface area (Å²) in [5.41, 5.74) is 0. The third-order valence-corrected chi connectivity index (χ3v) is 3.87. The van der Waals surface area contributed by atoms with E-state index in [9.17, 15) is 9.59 Å². The molecule has 0 aliphatic carbocycles. The van der Waals surface area contributed by atoms with Gasteiger partial charge in [-0.25, -0.2) is 0 Å². The Balaban J connectivity index is 3.65. The zero-order valence-electron chi connectivity index (χ0n) is 16.6. The first-order chi connectivity index (χ1) is 13.6. The zero-order valence-corrected chi connectivity index (χ0v) is 16.6. The van der Waals surface area contributed by atoms with Gasteiger partial charge >= 0.3 is 11.9 Å². The standard InChI is InChI=1S/C18H36N2O8/c21-13-9-19(10-14-22)27-17(25)7-5-3-1-2-4-6-8-18(26)28-20(11-15-23)12-16-24/h21-24H,1-16H2. The number of aliphatic hydroxyl groups excluding tert-OH is 4. The number of hydrogen-bond acceptors (Lipinski definition) is 10. The second kappa shape index (κ2) is 19.0. The molecule has 4 N–H and O–H groups in total. The molecule has 0 bridgehead atoms.